The van der Waals surface area contributed by atoms with Crippen LogP contribution in [-0.2, 0) is 0 Å². The van der Waals surface area contributed by atoms with E-state index in [2.05, 4.69) is 52.0 Å². The Morgan fingerprint density at radius 3 is 1.28 bits per heavy atom. The maximum Gasteiger partial charge on any atom is 0.133 e. The fraction of sp³-hybridized carbons (Fsp3) is 0.314. The second-order valence-electron chi connectivity index (χ2n) is 11.2. The molecule has 39 heavy (non-hydrogen) atoms. The lowest BCUT2D eigenvalue weighted by Gasteiger charge is -2.32. The van der Waals surface area contributed by atoms with E-state index in [4.69, 9.17) is 20.9 Å². The third kappa shape index (κ3) is 6.06. The highest BCUT2D eigenvalue weighted by Crippen LogP contribution is 2.44. The van der Waals surface area contributed by atoms with Crippen LogP contribution in [0.15, 0.2) is 72.8 Å². The smallest absolute Gasteiger partial charge is 0.133 e. The number of rotatable bonds is 7. The van der Waals surface area contributed by atoms with Crippen molar-refractivity contribution in [3.63, 3.8) is 0 Å². The Morgan fingerprint density at radius 2 is 0.923 bits per heavy atom. The van der Waals surface area contributed by atoms with Gasteiger partial charge in [-0.3, -0.25) is 0 Å². The van der Waals surface area contributed by atoms with Crippen LogP contribution in [0.4, 0.5) is 11.4 Å². The Labute approximate surface area is 233 Å². The fourth-order valence-electron chi connectivity index (χ4n) is 6.16. The Bertz CT molecular complexity index is 1290. The lowest BCUT2D eigenvalue weighted by Crippen LogP contribution is -2.18. The number of nitrogen functional groups attached to an aromatic ring is 2. The van der Waals surface area contributed by atoms with Crippen LogP contribution in [0.25, 0.3) is 0 Å². The van der Waals surface area contributed by atoms with Gasteiger partial charge in [0.25, 0.3) is 0 Å². The molecule has 202 valence electrons. The van der Waals surface area contributed by atoms with Gasteiger partial charge in [-0.05, 0) is 128 Å². The molecule has 0 spiro atoms. The van der Waals surface area contributed by atoms with E-state index in [1.165, 1.54) is 43.2 Å². The van der Waals surface area contributed by atoms with Gasteiger partial charge >= 0.3 is 0 Å². The highest BCUT2D eigenvalue weighted by Gasteiger charge is 2.28. The predicted octanol–water partition coefficient (Wildman–Crippen LogP) is 9.38. The molecule has 0 heterocycles. The van der Waals surface area contributed by atoms with Gasteiger partial charge in [-0.1, -0.05) is 43.5 Å². The average Bonchev–Trinajstić information content (AvgIpc) is 2.91. The molecule has 1 fully saturated rings. The van der Waals surface area contributed by atoms with Crippen molar-refractivity contribution in [2.75, 3.05) is 11.5 Å². The summed E-state index contributed by atoms with van der Waals surface area (Å²) in [4.78, 5) is 0. The molecule has 0 saturated heterocycles. The van der Waals surface area contributed by atoms with Crippen molar-refractivity contribution < 1.29 is 9.47 Å². The van der Waals surface area contributed by atoms with Crippen molar-refractivity contribution in [3.05, 3.63) is 106 Å². The van der Waals surface area contributed by atoms with Gasteiger partial charge in [-0.25, -0.2) is 0 Å². The van der Waals surface area contributed by atoms with Gasteiger partial charge in [-0.2, -0.15) is 0 Å². The molecule has 4 aromatic carbocycles. The van der Waals surface area contributed by atoms with E-state index in [9.17, 15) is 0 Å². The van der Waals surface area contributed by atoms with E-state index < -0.39 is 0 Å². The molecule has 0 atom stereocenters. The normalized spacial score (nSPS) is 14.0. The van der Waals surface area contributed by atoms with Crippen LogP contribution >= 0.6 is 0 Å². The molecule has 0 radical (unpaired) electrons. The number of aryl methyl sites for hydroxylation is 4. The number of ether oxygens (including phenoxy) is 2. The van der Waals surface area contributed by atoms with Crippen LogP contribution in [0.3, 0.4) is 0 Å². The van der Waals surface area contributed by atoms with Crippen LogP contribution in [0, 0.1) is 33.6 Å². The Kier molecular flexibility index (Phi) is 7.83. The molecule has 0 unspecified atom stereocenters. The number of anilines is 2. The summed E-state index contributed by atoms with van der Waals surface area (Å²) >= 11 is 0. The summed E-state index contributed by atoms with van der Waals surface area (Å²) in [7, 11) is 0. The topological polar surface area (TPSA) is 70.5 Å². The minimum atomic E-state index is 0.330. The zero-order chi connectivity index (χ0) is 27.5. The van der Waals surface area contributed by atoms with E-state index >= 15 is 0 Å². The van der Waals surface area contributed by atoms with Gasteiger partial charge in [-0.15, -0.1) is 0 Å². The number of hydrogen-bond donors (Lipinski definition) is 2. The van der Waals surface area contributed by atoms with Crippen LogP contribution in [0.2, 0.25) is 0 Å². The molecule has 1 aliphatic carbocycles. The second-order valence-corrected chi connectivity index (χ2v) is 11.2. The average molecular weight is 521 g/mol. The first-order valence-corrected chi connectivity index (χ1v) is 14.1. The first-order chi connectivity index (χ1) is 18.8. The quantitative estimate of drug-likeness (QED) is 0.238. The van der Waals surface area contributed by atoms with E-state index in [1.807, 2.05) is 48.5 Å². The molecule has 1 saturated carbocycles. The first kappa shape index (κ1) is 26.7. The highest BCUT2D eigenvalue weighted by atomic mass is 16.5. The van der Waals surface area contributed by atoms with Crippen molar-refractivity contribution in [3.8, 4) is 23.0 Å². The zero-order valence-electron chi connectivity index (χ0n) is 23.6. The van der Waals surface area contributed by atoms with Gasteiger partial charge in [0.1, 0.15) is 23.0 Å². The molecule has 0 aliphatic heterocycles. The van der Waals surface area contributed by atoms with Gasteiger partial charge < -0.3 is 20.9 Å². The molecule has 0 bridgehead atoms. The van der Waals surface area contributed by atoms with E-state index in [1.54, 1.807) is 0 Å². The molecular weight excluding hydrogens is 480 g/mol. The summed E-state index contributed by atoms with van der Waals surface area (Å²) in [6.45, 7) is 8.62. The molecular formula is C35H40N2O2. The molecule has 5 rings (SSSR count). The van der Waals surface area contributed by atoms with Crippen LogP contribution < -0.4 is 20.9 Å². The summed E-state index contributed by atoms with van der Waals surface area (Å²) in [5.74, 6) is 4.39. The number of hydrogen-bond acceptors (Lipinski definition) is 4. The standard InChI is InChI=1S/C35H40N2O2/c1-22-18-27(19-23(2)34(22)38-31-14-10-29(36)11-15-31)33(26-8-6-5-7-9-26)28-20-24(3)35(25(4)21-28)39-32-16-12-30(37)13-17-32/h10-21,26,33H,5-9,36-37H2,1-4H3. The minimum absolute atomic E-state index is 0.330. The van der Waals surface area contributed by atoms with Crippen LogP contribution in [0.1, 0.15) is 71.4 Å². The molecule has 0 aromatic heterocycles. The maximum atomic E-state index is 6.32. The number of nitrogens with two attached hydrogens (primary N) is 2. The van der Waals surface area contributed by atoms with E-state index in [0.29, 0.717) is 11.8 Å². The largest absolute Gasteiger partial charge is 0.457 e. The van der Waals surface area contributed by atoms with Gasteiger partial charge in [0.05, 0.1) is 0 Å². The minimum Gasteiger partial charge on any atom is -0.457 e. The fourth-order valence-corrected chi connectivity index (χ4v) is 6.16. The Balaban J connectivity index is 1.50. The summed E-state index contributed by atoms with van der Waals surface area (Å²) in [6.07, 6.45) is 6.45. The highest BCUT2D eigenvalue weighted by molar-refractivity contribution is 5.53. The van der Waals surface area contributed by atoms with Crippen molar-refractivity contribution in [2.45, 2.75) is 65.7 Å². The van der Waals surface area contributed by atoms with Crippen molar-refractivity contribution >= 4 is 11.4 Å². The lowest BCUT2D eigenvalue weighted by molar-refractivity contribution is 0.327. The van der Waals surface area contributed by atoms with Crippen molar-refractivity contribution in [1.29, 1.82) is 0 Å². The van der Waals surface area contributed by atoms with E-state index in [-0.39, 0.29) is 0 Å². The van der Waals surface area contributed by atoms with Crippen LogP contribution in [0.5, 0.6) is 23.0 Å². The van der Waals surface area contributed by atoms with Crippen molar-refractivity contribution in [1.82, 2.24) is 0 Å². The molecule has 4 aromatic rings. The summed E-state index contributed by atoms with van der Waals surface area (Å²) in [5, 5.41) is 0. The summed E-state index contributed by atoms with van der Waals surface area (Å²) in [5.41, 5.74) is 20.5. The molecule has 4 N–H and O–H groups in total. The molecule has 4 heteroatoms. The third-order valence-electron chi connectivity index (χ3n) is 8.00. The van der Waals surface area contributed by atoms with Crippen LogP contribution in [-0.4, -0.2) is 0 Å². The predicted molar refractivity (Wildman–Crippen MR) is 162 cm³/mol. The molecule has 1 aliphatic rings. The first-order valence-electron chi connectivity index (χ1n) is 14.1. The monoisotopic (exact) mass is 520 g/mol. The Hall–Kier alpha value is -3.92. The van der Waals surface area contributed by atoms with Gasteiger partial charge in [0, 0.05) is 17.3 Å². The van der Waals surface area contributed by atoms with Gasteiger partial charge in [0.15, 0.2) is 0 Å². The molecule has 4 nitrogen and oxygen atoms in total. The third-order valence-corrected chi connectivity index (χ3v) is 8.00. The summed E-state index contributed by atoms with van der Waals surface area (Å²) in [6, 6.07) is 24.5. The lowest BCUT2D eigenvalue weighted by atomic mass is 9.72. The Morgan fingerprint density at radius 1 is 0.564 bits per heavy atom. The summed E-state index contributed by atoms with van der Waals surface area (Å²) < 4.78 is 12.6. The molecule has 0 amide bonds. The maximum absolute atomic E-state index is 6.32. The van der Waals surface area contributed by atoms with E-state index in [0.717, 1.165) is 56.6 Å². The SMILES string of the molecule is Cc1cc(C(c2cc(C)c(Oc3ccc(N)cc3)c(C)c2)C2CCCCC2)cc(C)c1Oc1ccc(N)cc1. The zero-order valence-corrected chi connectivity index (χ0v) is 23.6. The second kappa shape index (κ2) is 11.4. The van der Waals surface area contributed by atoms with Crippen molar-refractivity contribution in [2.24, 2.45) is 5.92 Å². The number of benzene rings is 4. The van der Waals surface area contributed by atoms with Gasteiger partial charge in [0.2, 0.25) is 0 Å².